The topological polar surface area (TPSA) is 72.9 Å². The van der Waals surface area contributed by atoms with Crippen LogP contribution in [0.2, 0.25) is 0 Å². The van der Waals surface area contributed by atoms with Gasteiger partial charge in [0.25, 0.3) is 5.91 Å². The molecule has 1 aromatic heterocycles. The average Bonchev–Trinajstić information content (AvgIpc) is 2.94. The Labute approximate surface area is 128 Å². The maximum Gasteiger partial charge on any atom is 0.264 e. The Balaban J connectivity index is 2.10. The Morgan fingerprint density at radius 1 is 1.48 bits per heavy atom. The number of hydrogen-bond donors (Lipinski definition) is 2. The summed E-state index contributed by atoms with van der Waals surface area (Å²) in [6, 6.07) is 3.47. The van der Waals surface area contributed by atoms with Crippen LogP contribution in [-0.2, 0) is 4.79 Å². The quantitative estimate of drug-likeness (QED) is 0.864. The highest BCUT2D eigenvalue weighted by atomic mass is 32.1. The van der Waals surface area contributed by atoms with Gasteiger partial charge in [-0.15, -0.1) is 11.3 Å². The SMILES string of the molecule is CC(=O)Nc1ccc(C(=O)N2CC(O)CC2CN(C)C)s1. The summed E-state index contributed by atoms with van der Waals surface area (Å²) in [5.41, 5.74) is 0. The van der Waals surface area contributed by atoms with Crippen LogP contribution in [0.15, 0.2) is 12.1 Å². The van der Waals surface area contributed by atoms with E-state index >= 15 is 0 Å². The molecule has 116 valence electrons. The molecule has 1 saturated heterocycles. The molecule has 1 aliphatic heterocycles. The molecule has 1 fully saturated rings. The largest absolute Gasteiger partial charge is 0.391 e. The molecule has 2 rings (SSSR count). The van der Waals surface area contributed by atoms with Gasteiger partial charge in [-0.25, -0.2) is 0 Å². The highest BCUT2D eigenvalue weighted by Crippen LogP contribution is 2.27. The molecule has 2 atom stereocenters. The second kappa shape index (κ2) is 6.55. The smallest absolute Gasteiger partial charge is 0.264 e. The first kappa shape index (κ1) is 15.9. The van der Waals surface area contributed by atoms with Crippen molar-refractivity contribution in [2.24, 2.45) is 0 Å². The number of β-amino-alcohol motifs (C(OH)–C–C–N with tert-alkyl or cyclic N) is 1. The number of rotatable bonds is 4. The molecule has 1 aliphatic rings. The van der Waals surface area contributed by atoms with E-state index in [1.54, 1.807) is 17.0 Å². The standard InChI is InChI=1S/C14H21N3O3S/c1-9(18)15-13-5-4-12(21-13)14(20)17-8-11(19)6-10(17)7-16(2)3/h4-5,10-11,19H,6-8H2,1-3H3,(H,15,18). The molecule has 1 aromatic rings. The number of anilines is 1. The van der Waals surface area contributed by atoms with Crippen LogP contribution in [0.5, 0.6) is 0 Å². The summed E-state index contributed by atoms with van der Waals surface area (Å²) in [6.07, 6.45) is 0.141. The van der Waals surface area contributed by atoms with E-state index in [1.165, 1.54) is 18.3 Å². The maximum atomic E-state index is 12.6. The van der Waals surface area contributed by atoms with Crippen molar-refractivity contribution in [1.29, 1.82) is 0 Å². The first-order chi connectivity index (χ1) is 9.86. The predicted molar refractivity (Wildman–Crippen MR) is 82.6 cm³/mol. The van der Waals surface area contributed by atoms with Gasteiger partial charge in [0.15, 0.2) is 0 Å². The van der Waals surface area contributed by atoms with E-state index < -0.39 is 6.10 Å². The lowest BCUT2D eigenvalue weighted by molar-refractivity contribution is -0.114. The first-order valence-corrected chi connectivity index (χ1v) is 7.69. The summed E-state index contributed by atoms with van der Waals surface area (Å²) >= 11 is 1.26. The van der Waals surface area contributed by atoms with E-state index in [0.29, 0.717) is 22.8 Å². The number of thiophene rings is 1. The van der Waals surface area contributed by atoms with Gasteiger partial charge in [-0.2, -0.15) is 0 Å². The summed E-state index contributed by atoms with van der Waals surface area (Å²) in [7, 11) is 3.90. The molecule has 2 heterocycles. The third-order valence-corrected chi connectivity index (χ3v) is 4.33. The molecule has 7 heteroatoms. The second-order valence-electron chi connectivity index (χ2n) is 5.61. The number of carbonyl (C=O) groups is 2. The zero-order chi connectivity index (χ0) is 15.6. The zero-order valence-corrected chi connectivity index (χ0v) is 13.3. The van der Waals surface area contributed by atoms with Crippen molar-refractivity contribution in [3.8, 4) is 0 Å². The molecule has 0 saturated carbocycles. The molecule has 2 unspecified atom stereocenters. The maximum absolute atomic E-state index is 12.6. The number of likely N-dealkylation sites (tertiary alicyclic amines) is 1. The Hall–Kier alpha value is -1.44. The van der Waals surface area contributed by atoms with Gasteiger partial charge >= 0.3 is 0 Å². The van der Waals surface area contributed by atoms with Crippen molar-refractivity contribution >= 4 is 28.2 Å². The molecule has 2 amide bonds. The fourth-order valence-electron chi connectivity index (χ4n) is 2.57. The van der Waals surface area contributed by atoms with Gasteiger partial charge in [0.1, 0.15) is 0 Å². The van der Waals surface area contributed by atoms with Crippen LogP contribution in [0.4, 0.5) is 5.00 Å². The Morgan fingerprint density at radius 3 is 2.81 bits per heavy atom. The summed E-state index contributed by atoms with van der Waals surface area (Å²) < 4.78 is 0. The van der Waals surface area contributed by atoms with Crippen LogP contribution in [0.1, 0.15) is 23.0 Å². The number of likely N-dealkylation sites (N-methyl/N-ethyl adjacent to an activating group) is 1. The molecular weight excluding hydrogens is 290 g/mol. The van der Waals surface area contributed by atoms with Crippen molar-refractivity contribution in [3.63, 3.8) is 0 Å². The summed E-state index contributed by atoms with van der Waals surface area (Å²) in [6.45, 7) is 2.53. The number of carbonyl (C=O) groups excluding carboxylic acids is 2. The number of aliphatic hydroxyl groups is 1. The van der Waals surface area contributed by atoms with Gasteiger partial charge in [0.2, 0.25) is 5.91 Å². The monoisotopic (exact) mass is 311 g/mol. The Kier molecular flexibility index (Phi) is 4.97. The van der Waals surface area contributed by atoms with Crippen molar-refractivity contribution in [1.82, 2.24) is 9.80 Å². The van der Waals surface area contributed by atoms with Gasteiger partial charge in [-0.1, -0.05) is 0 Å². The van der Waals surface area contributed by atoms with Crippen LogP contribution < -0.4 is 5.32 Å². The van der Waals surface area contributed by atoms with Crippen LogP contribution in [0.25, 0.3) is 0 Å². The lowest BCUT2D eigenvalue weighted by atomic mass is 10.2. The van der Waals surface area contributed by atoms with Crippen molar-refractivity contribution in [2.75, 3.05) is 32.5 Å². The van der Waals surface area contributed by atoms with Gasteiger partial charge in [0, 0.05) is 26.1 Å². The molecule has 0 bridgehead atoms. The average molecular weight is 311 g/mol. The minimum atomic E-state index is -0.464. The molecule has 0 radical (unpaired) electrons. The summed E-state index contributed by atoms with van der Waals surface area (Å²) in [4.78, 5) is 27.9. The van der Waals surface area contributed by atoms with Crippen molar-refractivity contribution < 1.29 is 14.7 Å². The third kappa shape index (κ3) is 4.03. The van der Waals surface area contributed by atoms with E-state index in [-0.39, 0.29) is 17.9 Å². The fraction of sp³-hybridized carbons (Fsp3) is 0.571. The van der Waals surface area contributed by atoms with Gasteiger partial charge < -0.3 is 20.2 Å². The number of nitrogens with zero attached hydrogens (tertiary/aromatic N) is 2. The zero-order valence-electron chi connectivity index (χ0n) is 12.5. The second-order valence-corrected chi connectivity index (χ2v) is 6.69. The first-order valence-electron chi connectivity index (χ1n) is 6.88. The lowest BCUT2D eigenvalue weighted by Gasteiger charge is -2.26. The molecule has 0 spiro atoms. The molecule has 21 heavy (non-hydrogen) atoms. The van der Waals surface area contributed by atoms with E-state index in [2.05, 4.69) is 5.32 Å². The highest BCUT2D eigenvalue weighted by Gasteiger charge is 2.35. The Morgan fingerprint density at radius 2 is 2.19 bits per heavy atom. The van der Waals surface area contributed by atoms with E-state index in [4.69, 9.17) is 0 Å². The third-order valence-electron chi connectivity index (χ3n) is 3.35. The summed E-state index contributed by atoms with van der Waals surface area (Å²) in [5, 5.41) is 13.2. The van der Waals surface area contributed by atoms with E-state index in [1.807, 2.05) is 19.0 Å². The fourth-order valence-corrected chi connectivity index (χ4v) is 3.48. The van der Waals surface area contributed by atoms with Gasteiger partial charge in [0.05, 0.1) is 16.0 Å². The number of amides is 2. The van der Waals surface area contributed by atoms with E-state index in [9.17, 15) is 14.7 Å². The highest BCUT2D eigenvalue weighted by molar-refractivity contribution is 7.18. The van der Waals surface area contributed by atoms with Crippen LogP contribution in [0.3, 0.4) is 0 Å². The van der Waals surface area contributed by atoms with Crippen molar-refractivity contribution in [3.05, 3.63) is 17.0 Å². The Bertz CT molecular complexity index is 529. The summed E-state index contributed by atoms with van der Waals surface area (Å²) in [5.74, 6) is -0.238. The molecule has 0 aromatic carbocycles. The van der Waals surface area contributed by atoms with Crippen molar-refractivity contribution in [2.45, 2.75) is 25.5 Å². The minimum absolute atomic E-state index is 0.0221. The predicted octanol–water partition coefficient (Wildman–Crippen LogP) is 0.843. The van der Waals surface area contributed by atoms with Crippen LogP contribution in [-0.4, -0.2) is 66.1 Å². The number of hydrogen-bond acceptors (Lipinski definition) is 5. The number of aliphatic hydroxyl groups excluding tert-OH is 1. The van der Waals surface area contributed by atoms with Gasteiger partial charge in [-0.05, 0) is 32.6 Å². The number of nitrogens with one attached hydrogen (secondary N) is 1. The molecule has 6 nitrogen and oxygen atoms in total. The van der Waals surface area contributed by atoms with Gasteiger partial charge in [-0.3, -0.25) is 9.59 Å². The normalized spacial score (nSPS) is 21.9. The molecule has 0 aliphatic carbocycles. The molecular formula is C14H21N3O3S. The lowest BCUT2D eigenvalue weighted by Crippen LogP contribution is -2.41. The van der Waals surface area contributed by atoms with E-state index in [0.717, 1.165) is 6.54 Å². The van der Waals surface area contributed by atoms with Crippen LogP contribution in [0, 0.1) is 0 Å². The molecule has 2 N–H and O–H groups in total. The van der Waals surface area contributed by atoms with Crippen LogP contribution >= 0.6 is 11.3 Å². The minimum Gasteiger partial charge on any atom is -0.391 e.